The zero-order valence-corrected chi connectivity index (χ0v) is 12.7. The van der Waals surface area contributed by atoms with E-state index in [-0.39, 0.29) is 11.2 Å². The Hall–Kier alpha value is -3.22. The van der Waals surface area contributed by atoms with E-state index >= 15 is 0 Å². The molecule has 0 spiro atoms. The Kier molecular flexibility index (Phi) is 3.99. The third-order valence-electron chi connectivity index (χ3n) is 3.60. The fourth-order valence-corrected chi connectivity index (χ4v) is 2.54. The number of para-hydroxylation sites is 1. The summed E-state index contributed by atoms with van der Waals surface area (Å²) in [5, 5.41) is 11.4. The topological polar surface area (TPSA) is 84.2 Å². The molecule has 6 nitrogen and oxygen atoms in total. The predicted octanol–water partition coefficient (Wildman–Crippen LogP) is 2.85. The van der Waals surface area contributed by atoms with Gasteiger partial charge in [-0.15, -0.1) is 0 Å². The minimum absolute atomic E-state index is 0.130. The monoisotopic (exact) mass is 327 g/mol. The average Bonchev–Trinajstić information content (AvgIpc) is 2.55. The first-order valence-corrected chi connectivity index (χ1v) is 7.24. The van der Waals surface area contributed by atoms with Crippen LogP contribution in [0, 0.1) is 5.82 Å². The molecule has 3 rings (SSSR count). The lowest BCUT2D eigenvalue weighted by Gasteiger charge is -2.18. The van der Waals surface area contributed by atoms with E-state index in [2.05, 4.69) is 10.3 Å². The number of amides is 1. The Balaban J connectivity index is 2.34. The molecule has 2 aromatic carbocycles. The average molecular weight is 327 g/mol. The minimum Gasteiger partial charge on any atom is -0.465 e. The fraction of sp³-hybridized carbons (Fsp3) is 0.118. The van der Waals surface area contributed by atoms with Crippen molar-refractivity contribution in [2.45, 2.75) is 13.0 Å². The van der Waals surface area contributed by atoms with Gasteiger partial charge in [0.05, 0.1) is 22.6 Å². The second kappa shape index (κ2) is 6.11. The smallest absolute Gasteiger partial charge is 0.405 e. The number of nitrogens with zero attached hydrogens (tertiary/aromatic N) is 2. The molecule has 0 aliphatic carbocycles. The van der Waals surface area contributed by atoms with Crippen LogP contribution >= 0.6 is 0 Å². The van der Waals surface area contributed by atoms with Crippen LogP contribution in [-0.2, 0) is 0 Å². The number of halogens is 1. The summed E-state index contributed by atoms with van der Waals surface area (Å²) in [6, 6.07) is 11.7. The molecule has 1 aromatic heterocycles. The molecule has 0 unspecified atom stereocenters. The number of hydrogen-bond donors (Lipinski definition) is 2. The van der Waals surface area contributed by atoms with Crippen LogP contribution in [0.25, 0.3) is 16.6 Å². The lowest BCUT2D eigenvalue weighted by molar-refractivity contribution is 0.190. The van der Waals surface area contributed by atoms with E-state index in [1.165, 1.54) is 16.7 Å². The van der Waals surface area contributed by atoms with Gasteiger partial charge in [-0.3, -0.25) is 9.36 Å². The van der Waals surface area contributed by atoms with Crippen LogP contribution in [-0.4, -0.2) is 20.8 Å². The van der Waals surface area contributed by atoms with Gasteiger partial charge >= 0.3 is 6.09 Å². The molecular weight excluding hydrogens is 313 g/mol. The number of carboxylic acid groups (broad SMARTS) is 1. The zero-order valence-electron chi connectivity index (χ0n) is 12.7. The minimum atomic E-state index is -1.23. The summed E-state index contributed by atoms with van der Waals surface area (Å²) in [7, 11) is 0. The van der Waals surface area contributed by atoms with Crippen molar-refractivity contribution in [2.75, 3.05) is 0 Å². The maximum Gasteiger partial charge on any atom is 0.405 e. The number of fused-ring (bicyclic) bond motifs is 1. The maximum absolute atomic E-state index is 13.5. The standard InChI is InChI=1S/C17H14FN3O3/c1-10(19-17(23)24)15-20-14-8-7-11(18)9-13(14)16(22)21(15)12-5-3-2-4-6-12/h2-10,19H,1H3,(H,23,24)/t10-/m0/s1. The van der Waals surface area contributed by atoms with Gasteiger partial charge in [0.1, 0.15) is 11.6 Å². The van der Waals surface area contributed by atoms with Crippen molar-refractivity contribution in [1.82, 2.24) is 14.9 Å². The lowest BCUT2D eigenvalue weighted by atomic mass is 10.2. The van der Waals surface area contributed by atoms with Gasteiger partial charge in [-0.05, 0) is 37.3 Å². The molecule has 3 aromatic rings. The van der Waals surface area contributed by atoms with Gasteiger partial charge in [0.15, 0.2) is 0 Å². The van der Waals surface area contributed by atoms with E-state index in [0.717, 1.165) is 6.07 Å². The predicted molar refractivity (Wildman–Crippen MR) is 86.9 cm³/mol. The van der Waals surface area contributed by atoms with E-state index in [0.29, 0.717) is 11.2 Å². The quantitative estimate of drug-likeness (QED) is 0.775. The third-order valence-corrected chi connectivity index (χ3v) is 3.60. The summed E-state index contributed by atoms with van der Waals surface area (Å²) >= 11 is 0. The van der Waals surface area contributed by atoms with Gasteiger partial charge in [-0.1, -0.05) is 18.2 Å². The second-order valence-corrected chi connectivity index (χ2v) is 5.28. The largest absolute Gasteiger partial charge is 0.465 e. The molecule has 0 aliphatic rings. The highest BCUT2D eigenvalue weighted by Crippen LogP contribution is 2.18. The van der Waals surface area contributed by atoms with E-state index in [9.17, 15) is 14.0 Å². The Morgan fingerprint density at radius 2 is 1.96 bits per heavy atom. The van der Waals surface area contributed by atoms with Crippen molar-refractivity contribution in [3.05, 3.63) is 70.5 Å². The van der Waals surface area contributed by atoms with Crippen molar-refractivity contribution in [2.24, 2.45) is 0 Å². The van der Waals surface area contributed by atoms with Crippen molar-refractivity contribution in [3.63, 3.8) is 0 Å². The number of rotatable bonds is 3. The molecule has 1 atom stereocenters. The molecule has 0 saturated carbocycles. The maximum atomic E-state index is 13.5. The highest BCUT2D eigenvalue weighted by Gasteiger charge is 2.19. The summed E-state index contributed by atoms with van der Waals surface area (Å²) in [5.41, 5.74) is 0.373. The first-order valence-electron chi connectivity index (χ1n) is 7.24. The highest BCUT2D eigenvalue weighted by molar-refractivity contribution is 5.78. The van der Waals surface area contributed by atoms with Gasteiger partial charge in [0.2, 0.25) is 0 Å². The number of benzene rings is 2. The summed E-state index contributed by atoms with van der Waals surface area (Å²) in [6.07, 6.45) is -1.23. The lowest BCUT2D eigenvalue weighted by Crippen LogP contribution is -2.32. The van der Waals surface area contributed by atoms with Crippen LogP contribution in [0.2, 0.25) is 0 Å². The van der Waals surface area contributed by atoms with Gasteiger partial charge in [-0.2, -0.15) is 0 Å². The summed E-state index contributed by atoms with van der Waals surface area (Å²) < 4.78 is 14.8. The van der Waals surface area contributed by atoms with Crippen molar-refractivity contribution >= 4 is 17.0 Å². The van der Waals surface area contributed by atoms with Gasteiger partial charge in [0.25, 0.3) is 5.56 Å². The normalized spacial score (nSPS) is 12.1. The van der Waals surface area contributed by atoms with Crippen molar-refractivity contribution in [1.29, 1.82) is 0 Å². The molecule has 7 heteroatoms. The second-order valence-electron chi connectivity index (χ2n) is 5.28. The summed E-state index contributed by atoms with van der Waals surface area (Å²) in [6.45, 7) is 1.59. The Morgan fingerprint density at radius 1 is 1.25 bits per heavy atom. The Bertz CT molecular complexity index is 970. The van der Waals surface area contributed by atoms with Crippen LogP contribution in [0.4, 0.5) is 9.18 Å². The molecule has 1 amide bonds. The van der Waals surface area contributed by atoms with Crippen molar-refractivity contribution in [3.8, 4) is 5.69 Å². The molecule has 1 heterocycles. The summed E-state index contributed by atoms with van der Waals surface area (Å²) in [5.74, 6) is -0.307. The van der Waals surface area contributed by atoms with Crippen LogP contribution in [0.15, 0.2) is 53.3 Å². The Morgan fingerprint density at radius 3 is 2.62 bits per heavy atom. The van der Waals surface area contributed by atoms with Gasteiger partial charge in [-0.25, -0.2) is 14.2 Å². The number of aromatic nitrogens is 2. The SMILES string of the molecule is C[C@H](NC(=O)O)c1nc2ccc(F)cc2c(=O)n1-c1ccccc1. The molecular formula is C17H14FN3O3. The molecule has 0 fully saturated rings. The first kappa shape index (κ1) is 15.7. The third kappa shape index (κ3) is 2.83. The van der Waals surface area contributed by atoms with Crippen LogP contribution < -0.4 is 10.9 Å². The molecule has 0 bridgehead atoms. The molecule has 0 aliphatic heterocycles. The number of carbonyl (C=O) groups is 1. The van der Waals surface area contributed by atoms with Crippen LogP contribution in [0.1, 0.15) is 18.8 Å². The molecule has 0 radical (unpaired) electrons. The fourth-order valence-electron chi connectivity index (χ4n) is 2.54. The van der Waals surface area contributed by atoms with Gasteiger partial charge in [0, 0.05) is 0 Å². The molecule has 2 N–H and O–H groups in total. The van der Waals surface area contributed by atoms with Crippen LogP contribution in [0.5, 0.6) is 0 Å². The number of nitrogens with one attached hydrogen (secondary N) is 1. The molecule has 122 valence electrons. The van der Waals surface area contributed by atoms with E-state index in [1.54, 1.807) is 37.3 Å². The molecule has 0 saturated heterocycles. The van der Waals surface area contributed by atoms with Crippen LogP contribution in [0.3, 0.4) is 0 Å². The number of hydrogen-bond acceptors (Lipinski definition) is 3. The van der Waals surface area contributed by atoms with E-state index < -0.39 is 23.5 Å². The van der Waals surface area contributed by atoms with E-state index in [1.807, 2.05) is 0 Å². The first-order chi connectivity index (χ1) is 11.5. The van der Waals surface area contributed by atoms with Gasteiger partial charge < -0.3 is 10.4 Å². The van der Waals surface area contributed by atoms with Crippen molar-refractivity contribution < 1.29 is 14.3 Å². The summed E-state index contributed by atoms with van der Waals surface area (Å²) in [4.78, 5) is 28.2. The Labute approximate surface area is 136 Å². The molecule has 24 heavy (non-hydrogen) atoms. The van der Waals surface area contributed by atoms with E-state index in [4.69, 9.17) is 5.11 Å². The highest BCUT2D eigenvalue weighted by atomic mass is 19.1. The zero-order chi connectivity index (χ0) is 17.3.